The fraction of sp³-hybridized carbons (Fsp3) is 0.286. The second-order valence-corrected chi connectivity index (χ2v) is 5.85. The third-order valence-corrected chi connectivity index (χ3v) is 3.40. The fourth-order valence-electron chi connectivity index (χ4n) is 1.61. The summed E-state index contributed by atoms with van der Waals surface area (Å²) in [7, 11) is 0. The quantitative estimate of drug-likeness (QED) is 0.824. The first-order valence-electron chi connectivity index (χ1n) is 5.86. The third-order valence-electron chi connectivity index (χ3n) is 2.80. The van der Waals surface area contributed by atoms with E-state index in [1.165, 1.54) is 0 Å². The van der Waals surface area contributed by atoms with Crippen LogP contribution in [-0.2, 0) is 0 Å². The Labute approximate surface area is 119 Å². The molecule has 0 aliphatic heterocycles. The van der Waals surface area contributed by atoms with Crippen molar-refractivity contribution >= 4 is 25.3 Å². The molecule has 0 saturated carbocycles. The third kappa shape index (κ3) is 3.06. The number of aromatic nitrogens is 2. The van der Waals surface area contributed by atoms with Gasteiger partial charge >= 0.3 is 0 Å². The summed E-state index contributed by atoms with van der Waals surface area (Å²) in [6, 6.07) is 8.04. The monoisotopic (exact) mass is 276 g/mol. The largest absolute Gasteiger partial charge is 0.254 e. The molecule has 0 aromatic carbocycles. The van der Waals surface area contributed by atoms with Crippen molar-refractivity contribution in [3.05, 3.63) is 47.8 Å². The molecular formula is C14H16N2S2. The Bertz CT molecular complexity index is 455. The number of nitrogens with zero attached hydrogens (tertiary/aromatic N) is 2. The highest BCUT2D eigenvalue weighted by Crippen LogP contribution is 2.23. The summed E-state index contributed by atoms with van der Waals surface area (Å²) in [5.41, 5.74) is 3.99. The molecule has 0 radical (unpaired) electrons. The first-order valence-corrected chi connectivity index (χ1v) is 6.89. The van der Waals surface area contributed by atoms with Crippen LogP contribution >= 0.6 is 25.3 Å². The number of rotatable bonds is 3. The van der Waals surface area contributed by atoms with E-state index in [4.69, 9.17) is 0 Å². The maximum absolute atomic E-state index is 4.41. The normalized spacial score (nSPS) is 14.2. The highest BCUT2D eigenvalue weighted by Gasteiger charge is 2.05. The van der Waals surface area contributed by atoms with Crippen LogP contribution in [-0.4, -0.2) is 9.97 Å². The molecule has 2 unspecified atom stereocenters. The van der Waals surface area contributed by atoms with Gasteiger partial charge < -0.3 is 0 Å². The average molecular weight is 276 g/mol. The van der Waals surface area contributed by atoms with Crippen molar-refractivity contribution in [2.24, 2.45) is 0 Å². The molecular weight excluding hydrogens is 260 g/mol. The lowest BCUT2D eigenvalue weighted by Gasteiger charge is -2.07. The van der Waals surface area contributed by atoms with Gasteiger partial charge in [0.25, 0.3) is 0 Å². The number of hydrogen-bond donors (Lipinski definition) is 2. The van der Waals surface area contributed by atoms with Gasteiger partial charge in [-0.05, 0) is 37.1 Å². The van der Waals surface area contributed by atoms with Crippen molar-refractivity contribution < 1.29 is 0 Å². The van der Waals surface area contributed by atoms with E-state index < -0.39 is 0 Å². The van der Waals surface area contributed by atoms with E-state index in [9.17, 15) is 0 Å². The minimum absolute atomic E-state index is 0.201. The molecule has 0 saturated heterocycles. The van der Waals surface area contributed by atoms with E-state index in [2.05, 4.69) is 35.2 Å². The van der Waals surface area contributed by atoms with Crippen LogP contribution < -0.4 is 0 Å². The Balaban J connectivity index is 2.25. The molecule has 0 aliphatic carbocycles. The van der Waals surface area contributed by atoms with Gasteiger partial charge in [-0.15, -0.1) is 0 Å². The molecule has 0 bridgehead atoms. The number of pyridine rings is 2. The lowest BCUT2D eigenvalue weighted by atomic mass is 10.1. The molecule has 0 N–H and O–H groups in total. The zero-order valence-corrected chi connectivity index (χ0v) is 12.2. The molecule has 2 rings (SSSR count). The minimum Gasteiger partial charge on any atom is -0.254 e. The van der Waals surface area contributed by atoms with Gasteiger partial charge in [0.05, 0.1) is 11.4 Å². The molecule has 2 aromatic rings. The van der Waals surface area contributed by atoms with Crippen molar-refractivity contribution in [1.82, 2.24) is 9.97 Å². The zero-order valence-electron chi connectivity index (χ0n) is 10.4. The predicted molar refractivity (Wildman–Crippen MR) is 82.3 cm³/mol. The smallest absolute Gasteiger partial charge is 0.0886 e. The van der Waals surface area contributed by atoms with Crippen LogP contribution in [0.3, 0.4) is 0 Å². The number of thiol groups is 2. The Morgan fingerprint density at radius 2 is 1.17 bits per heavy atom. The van der Waals surface area contributed by atoms with Gasteiger partial charge in [0, 0.05) is 22.9 Å². The highest BCUT2D eigenvalue weighted by molar-refractivity contribution is 7.80. The Kier molecular flexibility index (Phi) is 4.30. The van der Waals surface area contributed by atoms with Gasteiger partial charge in [-0.3, -0.25) is 9.97 Å². The maximum Gasteiger partial charge on any atom is 0.0886 e. The van der Waals surface area contributed by atoms with Gasteiger partial charge in [-0.25, -0.2) is 0 Å². The van der Waals surface area contributed by atoms with Crippen molar-refractivity contribution in [1.29, 1.82) is 0 Å². The molecule has 2 atom stereocenters. The highest BCUT2D eigenvalue weighted by atomic mass is 32.1. The summed E-state index contributed by atoms with van der Waals surface area (Å²) in [5, 5.41) is 0.402. The Morgan fingerprint density at radius 1 is 0.778 bits per heavy atom. The predicted octanol–water partition coefficient (Wildman–Crippen LogP) is 4.13. The molecule has 2 nitrogen and oxygen atoms in total. The first-order chi connectivity index (χ1) is 8.58. The van der Waals surface area contributed by atoms with Gasteiger partial charge in [0.15, 0.2) is 0 Å². The standard InChI is InChI=1S/C14H16N2S2/c1-9(17)11-3-5-13(15-7-11)14-6-4-12(8-16-14)10(2)18/h3-10,17-18H,1-2H3. The van der Waals surface area contributed by atoms with Crippen LogP contribution in [0.2, 0.25) is 0 Å². The molecule has 0 fully saturated rings. The first kappa shape index (κ1) is 13.4. The van der Waals surface area contributed by atoms with Crippen molar-refractivity contribution in [3.63, 3.8) is 0 Å². The molecule has 4 heteroatoms. The summed E-state index contributed by atoms with van der Waals surface area (Å²) in [6.45, 7) is 4.06. The van der Waals surface area contributed by atoms with Crippen LogP contribution in [0.4, 0.5) is 0 Å². The summed E-state index contributed by atoms with van der Waals surface area (Å²) < 4.78 is 0. The van der Waals surface area contributed by atoms with Crippen molar-refractivity contribution in [2.45, 2.75) is 24.3 Å². The average Bonchev–Trinajstić information content (AvgIpc) is 2.39. The van der Waals surface area contributed by atoms with Crippen LogP contribution in [0.5, 0.6) is 0 Å². The van der Waals surface area contributed by atoms with E-state index in [1.807, 2.05) is 50.5 Å². The summed E-state index contributed by atoms with van der Waals surface area (Å²) in [5.74, 6) is 0. The molecule has 0 aliphatic rings. The second-order valence-electron chi connectivity index (χ2n) is 4.31. The topological polar surface area (TPSA) is 25.8 Å². The van der Waals surface area contributed by atoms with E-state index >= 15 is 0 Å². The second kappa shape index (κ2) is 5.76. The molecule has 2 heterocycles. The molecule has 0 amide bonds. The van der Waals surface area contributed by atoms with Gasteiger partial charge in [0.2, 0.25) is 0 Å². The maximum atomic E-state index is 4.41. The van der Waals surface area contributed by atoms with Gasteiger partial charge in [-0.2, -0.15) is 25.3 Å². The molecule has 94 valence electrons. The van der Waals surface area contributed by atoms with Crippen LogP contribution in [0.1, 0.15) is 35.5 Å². The van der Waals surface area contributed by atoms with Crippen LogP contribution in [0.15, 0.2) is 36.7 Å². The summed E-state index contributed by atoms with van der Waals surface area (Å²) in [6.07, 6.45) is 3.70. The molecule has 2 aromatic heterocycles. The number of hydrogen-bond acceptors (Lipinski definition) is 4. The SMILES string of the molecule is CC(S)c1ccc(-c2ccc(C(C)S)cn2)nc1. The van der Waals surface area contributed by atoms with Gasteiger partial charge in [-0.1, -0.05) is 12.1 Å². The fourth-order valence-corrected chi connectivity index (χ4v) is 1.91. The molecule has 18 heavy (non-hydrogen) atoms. The van der Waals surface area contributed by atoms with Crippen LogP contribution in [0.25, 0.3) is 11.4 Å². The van der Waals surface area contributed by atoms with E-state index in [1.54, 1.807) is 0 Å². The summed E-state index contributed by atoms with van der Waals surface area (Å²) in [4.78, 5) is 8.83. The van der Waals surface area contributed by atoms with E-state index in [0.29, 0.717) is 0 Å². The Morgan fingerprint density at radius 3 is 1.39 bits per heavy atom. The van der Waals surface area contributed by atoms with Crippen molar-refractivity contribution in [2.75, 3.05) is 0 Å². The van der Waals surface area contributed by atoms with E-state index in [0.717, 1.165) is 22.5 Å². The minimum atomic E-state index is 0.201. The lowest BCUT2D eigenvalue weighted by molar-refractivity contribution is 1.07. The van der Waals surface area contributed by atoms with Gasteiger partial charge in [0.1, 0.15) is 0 Å². The molecule has 0 spiro atoms. The lowest BCUT2D eigenvalue weighted by Crippen LogP contribution is -1.92. The zero-order chi connectivity index (χ0) is 13.1. The Hall–Kier alpha value is -1.00. The summed E-state index contributed by atoms with van der Waals surface area (Å²) >= 11 is 8.76. The van der Waals surface area contributed by atoms with Crippen molar-refractivity contribution in [3.8, 4) is 11.4 Å². The van der Waals surface area contributed by atoms with Crippen LogP contribution in [0, 0.1) is 0 Å². The van der Waals surface area contributed by atoms with E-state index in [-0.39, 0.29) is 10.5 Å².